The minimum Gasteiger partial charge on any atom is -0.487 e. The van der Waals surface area contributed by atoms with E-state index in [1.807, 2.05) is 19.1 Å². The third-order valence-electron chi connectivity index (χ3n) is 2.49. The van der Waals surface area contributed by atoms with Gasteiger partial charge in [0.15, 0.2) is 11.9 Å². The molecule has 0 bridgehead atoms. The van der Waals surface area contributed by atoms with E-state index in [9.17, 15) is 4.79 Å². The molecule has 0 amide bonds. The molecule has 1 aromatic carbocycles. The molecule has 1 aliphatic carbocycles. The minimum atomic E-state index is -0.413. The van der Waals surface area contributed by atoms with Crippen LogP contribution in [-0.2, 0) is 9.53 Å². The molecule has 1 fully saturated rings. The topological polar surface area (TPSA) is 35.5 Å². The van der Waals surface area contributed by atoms with Crippen LogP contribution in [0.5, 0.6) is 5.75 Å². The van der Waals surface area contributed by atoms with Gasteiger partial charge in [-0.1, -0.05) is 17.7 Å². The molecule has 0 N–H and O–H groups in total. The van der Waals surface area contributed by atoms with E-state index in [0.29, 0.717) is 23.8 Å². The van der Waals surface area contributed by atoms with Gasteiger partial charge in [-0.05, 0) is 25.1 Å². The van der Waals surface area contributed by atoms with Crippen molar-refractivity contribution in [1.82, 2.24) is 0 Å². The summed E-state index contributed by atoms with van der Waals surface area (Å²) in [5, 5.41) is 0.621. The summed E-state index contributed by atoms with van der Waals surface area (Å²) in [6.45, 7) is 2.38. The maximum absolute atomic E-state index is 11.3. The van der Waals surface area contributed by atoms with E-state index in [0.717, 1.165) is 0 Å². The lowest BCUT2D eigenvalue weighted by Gasteiger charge is -2.34. The van der Waals surface area contributed by atoms with E-state index in [-0.39, 0.29) is 11.9 Å². The lowest BCUT2D eigenvalue weighted by molar-refractivity contribution is -0.154. The molecule has 2 atom stereocenters. The van der Waals surface area contributed by atoms with Gasteiger partial charge in [-0.3, -0.25) is 4.79 Å². The molecule has 1 saturated carbocycles. The maximum atomic E-state index is 11.3. The Morgan fingerprint density at radius 2 is 2.31 bits per heavy atom. The molecule has 16 heavy (non-hydrogen) atoms. The molecule has 2 rings (SSSR count). The van der Waals surface area contributed by atoms with Crippen LogP contribution in [0.1, 0.15) is 13.3 Å². The number of rotatable bonds is 4. The zero-order chi connectivity index (χ0) is 11.5. The molecule has 0 saturated heterocycles. The van der Waals surface area contributed by atoms with E-state index < -0.39 is 6.10 Å². The number of ketones is 1. The van der Waals surface area contributed by atoms with Crippen LogP contribution < -0.4 is 4.74 Å². The number of carbonyl (C=O) groups is 1. The van der Waals surface area contributed by atoms with Gasteiger partial charge >= 0.3 is 0 Å². The van der Waals surface area contributed by atoms with E-state index in [4.69, 9.17) is 21.1 Å². The summed E-state index contributed by atoms with van der Waals surface area (Å²) < 4.78 is 10.9. The Bertz CT molecular complexity index is 392. The predicted molar refractivity (Wildman–Crippen MR) is 60.9 cm³/mol. The molecule has 0 spiro atoms. The first-order valence-corrected chi connectivity index (χ1v) is 5.65. The SMILES string of the molecule is CCOC1C(=O)CC1Oc1cccc(Cl)c1. The Hall–Kier alpha value is -1.06. The van der Waals surface area contributed by atoms with Crippen molar-refractivity contribution in [3.05, 3.63) is 29.3 Å². The molecule has 1 aromatic rings. The van der Waals surface area contributed by atoms with Gasteiger partial charge in [-0.2, -0.15) is 0 Å². The highest BCUT2D eigenvalue weighted by atomic mass is 35.5. The van der Waals surface area contributed by atoms with Crippen molar-refractivity contribution in [3.8, 4) is 5.75 Å². The summed E-state index contributed by atoms with van der Waals surface area (Å²) in [4.78, 5) is 11.3. The molecular weight excluding hydrogens is 228 g/mol. The standard InChI is InChI=1S/C12H13ClO3/c1-2-15-12-10(14)7-11(12)16-9-5-3-4-8(13)6-9/h3-6,11-12H,2,7H2,1H3. The van der Waals surface area contributed by atoms with Gasteiger partial charge in [0.1, 0.15) is 11.9 Å². The van der Waals surface area contributed by atoms with Gasteiger partial charge in [0.2, 0.25) is 0 Å². The van der Waals surface area contributed by atoms with Crippen molar-refractivity contribution in [1.29, 1.82) is 0 Å². The Morgan fingerprint density at radius 1 is 1.50 bits per heavy atom. The van der Waals surface area contributed by atoms with Gasteiger partial charge in [0.25, 0.3) is 0 Å². The fourth-order valence-electron chi connectivity index (χ4n) is 1.67. The molecule has 86 valence electrons. The first-order chi connectivity index (χ1) is 7.70. The third-order valence-corrected chi connectivity index (χ3v) is 2.72. The van der Waals surface area contributed by atoms with Gasteiger partial charge in [-0.25, -0.2) is 0 Å². The van der Waals surface area contributed by atoms with Gasteiger partial charge < -0.3 is 9.47 Å². The third kappa shape index (κ3) is 2.36. The molecule has 0 aromatic heterocycles. The van der Waals surface area contributed by atoms with Crippen molar-refractivity contribution in [2.75, 3.05) is 6.61 Å². The first kappa shape index (κ1) is 11.4. The van der Waals surface area contributed by atoms with E-state index in [1.54, 1.807) is 12.1 Å². The van der Waals surface area contributed by atoms with E-state index in [2.05, 4.69) is 0 Å². The Morgan fingerprint density at radius 3 is 2.94 bits per heavy atom. The van der Waals surface area contributed by atoms with E-state index in [1.165, 1.54) is 0 Å². The zero-order valence-corrected chi connectivity index (χ0v) is 9.74. The minimum absolute atomic E-state index is 0.105. The van der Waals surface area contributed by atoms with Crippen LogP contribution in [0.2, 0.25) is 5.02 Å². The molecular formula is C12H13ClO3. The average Bonchev–Trinajstić information content (AvgIpc) is 2.26. The van der Waals surface area contributed by atoms with Crippen LogP contribution >= 0.6 is 11.6 Å². The van der Waals surface area contributed by atoms with Crippen LogP contribution in [0.25, 0.3) is 0 Å². The fraction of sp³-hybridized carbons (Fsp3) is 0.417. The Labute approximate surface area is 99.3 Å². The van der Waals surface area contributed by atoms with Crippen molar-refractivity contribution in [3.63, 3.8) is 0 Å². The lowest BCUT2D eigenvalue weighted by atomic mass is 9.90. The van der Waals surface area contributed by atoms with Gasteiger partial charge in [0, 0.05) is 18.1 Å². The van der Waals surface area contributed by atoms with Gasteiger partial charge in [-0.15, -0.1) is 0 Å². The molecule has 1 aliphatic rings. The first-order valence-electron chi connectivity index (χ1n) is 5.27. The molecule has 3 nitrogen and oxygen atoms in total. The number of ether oxygens (including phenoxy) is 2. The summed E-state index contributed by atoms with van der Waals surface area (Å²) in [6.07, 6.45) is -0.174. The van der Waals surface area contributed by atoms with Crippen LogP contribution in [0.3, 0.4) is 0 Å². The molecule has 0 radical (unpaired) electrons. The van der Waals surface area contributed by atoms with Crippen molar-refractivity contribution >= 4 is 17.4 Å². The van der Waals surface area contributed by atoms with E-state index >= 15 is 0 Å². The van der Waals surface area contributed by atoms with Crippen LogP contribution in [0.4, 0.5) is 0 Å². The molecule has 0 heterocycles. The second kappa shape index (κ2) is 4.85. The lowest BCUT2D eigenvalue weighted by Crippen LogP contribution is -2.52. The zero-order valence-electron chi connectivity index (χ0n) is 8.98. The normalized spacial score (nSPS) is 24.0. The van der Waals surface area contributed by atoms with Crippen molar-refractivity contribution < 1.29 is 14.3 Å². The number of Topliss-reactive ketones (excluding diaryl/α,β-unsaturated/α-hetero) is 1. The largest absolute Gasteiger partial charge is 0.487 e. The van der Waals surface area contributed by atoms with Crippen LogP contribution in [0, 0.1) is 0 Å². The van der Waals surface area contributed by atoms with Crippen LogP contribution in [0.15, 0.2) is 24.3 Å². The Balaban J connectivity index is 1.98. The average molecular weight is 241 g/mol. The number of halogens is 1. The maximum Gasteiger partial charge on any atom is 0.169 e. The second-order valence-electron chi connectivity index (χ2n) is 3.66. The molecule has 2 unspecified atom stereocenters. The highest BCUT2D eigenvalue weighted by Crippen LogP contribution is 2.27. The van der Waals surface area contributed by atoms with Crippen molar-refractivity contribution in [2.45, 2.75) is 25.6 Å². The summed E-state index contributed by atoms with van der Waals surface area (Å²) >= 11 is 5.84. The molecule has 0 aliphatic heterocycles. The summed E-state index contributed by atoms with van der Waals surface area (Å²) in [7, 11) is 0. The highest BCUT2D eigenvalue weighted by molar-refractivity contribution is 6.30. The summed E-state index contributed by atoms with van der Waals surface area (Å²) in [6, 6.07) is 7.14. The van der Waals surface area contributed by atoms with Gasteiger partial charge in [0.05, 0.1) is 0 Å². The Kier molecular flexibility index (Phi) is 3.46. The predicted octanol–water partition coefficient (Wildman–Crippen LogP) is 2.47. The number of benzene rings is 1. The molecule has 4 heteroatoms. The summed E-state index contributed by atoms with van der Waals surface area (Å²) in [5.74, 6) is 0.781. The number of hydrogen-bond donors (Lipinski definition) is 0. The smallest absolute Gasteiger partial charge is 0.169 e. The van der Waals surface area contributed by atoms with Crippen LogP contribution in [-0.4, -0.2) is 24.6 Å². The second-order valence-corrected chi connectivity index (χ2v) is 4.10. The quantitative estimate of drug-likeness (QED) is 0.811. The highest BCUT2D eigenvalue weighted by Gasteiger charge is 2.42. The fourth-order valence-corrected chi connectivity index (χ4v) is 1.85. The summed E-state index contributed by atoms with van der Waals surface area (Å²) in [5.41, 5.74) is 0. The number of hydrogen-bond acceptors (Lipinski definition) is 3. The monoisotopic (exact) mass is 240 g/mol. The van der Waals surface area contributed by atoms with Crippen molar-refractivity contribution in [2.24, 2.45) is 0 Å². The number of carbonyl (C=O) groups excluding carboxylic acids is 1.